The van der Waals surface area contributed by atoms with Crippen LogP contribution in [0.5, 0.6) is 0 Å². The molecule has 0 radical (unpaired) electrons. The average molecular weight is 517 g/mol. The molecule has 0 fully saturated rings. The molecule has 0 amide bonds. The second-order valence-electron chi connectivity index (χ2n) is 7.52. The quantitative estimate of drug-likeness (QED) is 0.245. The van der Waals surface area contributed by atoms with Gasteiger partial charge < -0.3 is 25.2 Å². The Morgan fingerprint density at radius 1 is 1.14 bits per heavy atom. The fourth-order valence-electron chi connectivity index (χ4n) is 3.42. The molecule has 3 N–H and O–H groups in total. The zero-order chi connectivity index (χ0) is 26.3. The van der Waals surface area contributed by atoms with Crippen LogP contribution >= 0.6 is 11.6 Å². The molecule has 3 rings (SSSR count). The van der Waals surface area contributed by atoms with Gasteiger partial charge in [-0.05, 0) is 50.4 Å². The van der Waals surface area contributed by atoms with Crippen molar-refractivity contribution in [2.24, 2.45) is 0 Å². The van der Waals surface area contributed by atoms with E-state index in [4.69, 9.17) is 26.6 Å². The summed E-state index contributed by atoms with van der Waals surface area (Å²) >= 11 is 6.27. The third-order valence-corrected chi connectivity index (χ3v) is 5.16. The van der Waals surface area contributed by atoms with Crippen LogP contribution in [0.25, 0.3) is 0 Å². The van der Waals surface area contributed by atoms with Crippen molar-refractivity contribution in [1.29, 1.82) is 0 Å². The van der Waals surface area contributed by atoms with E-state index < -0.39 is 11.9 Å². The number of carboxylic acid groups (broad SMARTS) is 2. The summed E-state index contributed by atoms with van der Waals surface area (Å²) in [6.45, 7) is 4.44. The number of aryl methyl sites for hydroxylation is 2. The number of aliphatic carboxylic acids is 2. The molecule has 10 nitrogen and oxygen atoms in total. The van der Waals surface area contributed by atoms with Crippen LogP contribution in [0.2, 0.25) is 5.02 Å². The number of nitrogens with one attached hydrogen (secondary N) is 1. The number of anilines is 2. The van der Waals surface area contributed by atoms with Crippen LogP contribution in [-0.4, -0.2) is 64.3 Å². The van der Waals surface area contributed by atoms with Crippen molar-refractivity contribution in [2.45, 2.75) is 26.2 Å². The SMILES string of the molecule is CCOC(=O)/C=C/CNCCCN1c2cc(Cl)ccc2CCc2cncnc21.O=C(O)/C=C/C(=O)O. The molecule has 0 spiro atoms. The zero-order valence-corrected chi connectivity index (χ0v) is 20.6. The topological polar surface area (TPSA) is 142 Å². The van der Waals surface area contributed by atoms with Crippen LogP contribution in [0.4, 0.5) is 11.5 Å². The van der Waals surface area contributed by atoms with E-state index in [1.165, 1.54) is 11.6 Å². The number of nitrogens with zero attached hydrogens (tertiary/aromatic N) is 3. The lowest BCUT2D eigenvalue weighted by Crippen LogP contribution is -2.25. The van der Waals surface area contributed by atoms with E-state index in [0.717, 1.165) is 54.4 Å². The third-order valence-electron chi connectivity index (χ3n) is 4.93. The number of carboxylic acids is 2. The molecule has 2 aromatic rings. The highest BCUT2D eigenvalue weighted by atomic mass is 35.5. The Morgan fingerprint density at radius 2 is 1.86 bits per heavy atom. The summed E-state index contributed by atoms with van der Waals surface area (Å²) in [6.07, 6.45) is 10.6. The summed E-state index contributed by atoms with van der Waals surface area (Å²) in [5.74, 6) is -1.86. The third kappa shape index (κ3) is 9.85. The summed E-state index contributed by atoms with van der Waals surface area (Å²) in [4.78, 5) is 41.3. The molecule has 0 bridgehead atoms. The van der Waals surface area contributed by atoms with Gasteiger partial charge in [0.25, 0.3) is 0 Å². The van der Waals surface area contributed by atoms with Crippen molar-refractivity contribution in [2.75, 3.05) is 31.1 Å². The zero-order valence-electron chi connectivity index (χ0n) is 19.9. The minimum Gasteiger partial charge on any atom is -0.478 e. The van der Waals surface area contributed by atoms with Gasteiger partial charge in [-0.2, -0.15) is 0 Å². The van der Waals surface area contributed by atoms with Crippen LogP contribution in [-0.2, 0) is 32.0 Å². The molecule has 0 unspecified atom stereocenters. The number of ether oxygens (including phenoxy) is 1. The van der Waals surface area contributed by atoms with E-state index in [-0.39, 0.29) is 5.97 Å². The number of benzene rings is 1. The van der Waals surface area contributed by atoms with Crippen LogP contribution in [0, 0.1) is 0 Å². The van der Waals surface area contributed by atoms with Gasteiger partial charge in [-0.15, -0.1) is 0 Å². The van der Waals surface area contributed by atoms with Gasteiger partial charge in [0.1, 0.15) is 12.1 Å². The van der Waals surface area contributed by atoms with Gasteiger partial charge in [-0.25, -0.2) is 24.4 Å². The first-order valence-electron chi connectivity index (χ1n) is 11.3. The number of esters is 1. The highest BCUT2D eigenvalue weighted by Crippen LogP contribution is 2.35. The first-order valence-corrected chi connectivity index (χ1v) is 11.7. The van der Waals surface area contributed by atoms with Crippen LogP contribution in [0.3, 0.4) is 0 Å². The van der Waals surface area contributed by atoms with E-state index in [1.807, 2.05) is 18.3 Å². The summed E-state index contributed by atoms with van der Waals surface area (Å²) in [5.41, 5.74) is 3.54. The maximum absolute atomic E-state index is 11.3. The number of hydrogen-bond acceptors (Lipinski definition) is 8. The molecule has 1 aromatic heterocycles. The Kier molecular flexibility index (Phi) is 12.1. The van der Waals surface area contributed by atoms with Crippen molar-refractivity contribution in [1.82, 2.24) is 15.3 Å². The molecule has 0 atom stereocenters. The highest BCUT2D eigenvalue weighted by Gasteiger charge is 2.21. The molecule has 1 aliphatic heterocycles. The lowest BCUT2D eigenvalue weighted by Gasteiger charge is -2.25. The summed E-state index contributed by atoms with van der Waals surface area (Å²) in [6, 6.07) is 6.06. The number of carbonyl (C=O) groups is 3. The number of rotatable bonds is 10. The molecule has 1 aromatic carbocycles. The van der Waals surface area contributed by atoms with Gasteiger partial charge >= 0.3 is 17.9 Å². The van der Waals surface area contributed by atoms with Crippen molar-refractivity contribution in [3.8, 4) is 0 Å². The van der Waals surface area contributed by atoms with E-state index >= 15 is 0 Å². The van der Waals surface area contributed by atoms with E-state index in [1.54, 1.807) is 19.3 Å². The predicted octanol–water partition coefficient (Wildman–Crippen LogP) is 3.18. The molecule has 0 saturated carbocycles. The largest absolute Gasteiger partial charge is 0.478 e. The van der Waals surface area contributed by atoms with Crippen molar-refractivity contribution < 1.29 is 29.3 Å². The molecule has 192 valence electrons. The second kappa shape index (κ2) is 15.3. The summed E-state index contributed by atoms with van der Waals surface area (Å²) in [7, 11) is 0. The van der Waals surface area contributed by atoms with Gasteiger partial charge in [-0.3, -0.25) is 0 Å². The van der Waals surface area contributed by atoms with Crippen LogP contribution < -0.4 is 10.2 Å². The van der Waals surface area contributed by atoms with Crippen molar-refractivity contribution >= 4 is 41.0 Å². The Morgan fingerprint density at radius 3 is 2.56 bits per heavy atom. The fraction of sp³-hybridized carbons (Fsp3) is 0.320. The maximum atomic E-state index is 11.3. The summed E-state index contributed by atoms with van der Waals surface area (Å²) < 4.78 is 4.85. The first-order chi connectivity index (χ1) is 17.3. The molecular formula is C25H29ClN4O6. The van der Waals surface area contributed by atoms with Gasteiger partial charge in [0.2, 0.25) is 0 Å². The van der Waals surface area contributed by atoms with E-state index in [0.29, 0.717) is 25.3 Å². The number of fused-ring (bicyclic) bond motifs is 2. The van der Waals surface area contributed by atoms with Crippen LogP contribution in [0.1, 0.15) is 24.5 Å². The molecule has 11 heteroatoms. The van der Waals surface area contributed by atoms with Gasteiger partial charge in [0, 0.05) is 53.8 Å². The Bertz CT molecular complexity index is 1090. The molecular weight excluding hydrogens is 488 g/mol. The van der Waals surface area contributed by atoms with Crippen molar-refractivity contribution in [3.63, 3.8) is 0 Å². The number of aromatic nitrogens is 2. The standard InChI is InChI=1S/C21H25ClN4O2.C4H4O4/c1-2-28-20(27)5-3-10-23-11-4-12-26-19-13-18(22)9-8-16(19)6-7-17-14-24-15-25-21(17)26;5-3(6)1-2-4(7)8/h3,5,8-9,13-15,23H,2,4,6-7,10-12H2,1H3;1-2H,(H,5,6)(H,7,8)/b5-3+;2-1+. The van der Waals surface area contributed by atoms with Gasteiger partial charge in [-0.1, -0.05) is 23.7 Å². The lowest BCUT2D eigenvalue weighted by molar-refractivity contribution is -0.137. The number of hydrogen-bond donors (Lipinski definition) is 3. The number of carbonyl (C=O) groups excluding carboxylic acids is 1. The molecule has 0 saturated heterocycles. The Hall–Kier alpha value is -3.76. The number of halogens is 1. The lowest BCUT2D eigenvalue weighted by atomic mass is 10.1. The van der Waals surface area contributed by atoms with Crippen molar-refractivity contribution in [3.05, 3.63) is 71.2 Å². The predicted molar refractivity (Wildman–Crippen MR) is 136 cm³/mol. The minimum absolute atomic E-state index is 0.307. The average Bonchev–Trinajstić information content (AvgIpc) is 2.99. The molecule has 36 heavy (non-hydrogen) atoms. The summed E-state index contributed by atoms with van der Waals surface area (Å²) in [5, 5.41) is 19.7. The van der Waals surface area contributed by atoms with E-state index in [2.05, 4.69) is 26.3 Å². The Labute approximate surface area is 214 Å². The smallest absolute Gasteiger partial charge is 0.330 e. The molecule has 1 aliphatic rings. The van der Waals surface area contributed by atoms with E-state index in [9.17, 15) is 14.4 Å². The maximum Gasteiger partial charge on any atom is 0.330 e. The molecule has 2 heterocycles. The van der Waals surface area contributed by atoms with Gasteiger partial charge in [0.05, 0.1) is 6.61 Å². The fourth-order valence-corrected chi connectivity index (χ4v) is 3.58. The second-order valence-corrected chi connectivity index (χ2v) is 7.95. The monoisotopic (exact) mass is 516 g/mol. The Balaban J connectivity index is 0.000000493. The van der Waals surface area contributed by atoms with Crippen LogP contribution in [0.15, 0.2) is 55.0 Å². The highest BCUT2D eigenvalue weighted by molar-refractivity contribution is 6.30. The first kappa shape index (κ1) is 28.5. The molecule has 0 aliphatic carbocycles. The van der Waals surface area contributed by atoms with Gasteiger partial charge in [0.15, 0.2) is 0 Å². The normalized spacial score (nSPS) is 12.3. The minimum atomic E-state index is -1.26.